The Balaban J connectivity index is 1.35. The molecule has 1 saturated carbocycles. The van der Waals surface area contributed by atoms with Gasteiger partial charge in [0, 0.05) is 41.5 Å². The fraction of sp³-hybridized carbons (Fsp3) is 0.324. The number of amides is 1. The number of sulfone groups is 1. The van der Waals surface area contributed by atoms with Crippen molar-refractivity contribution in [3.8, 4) is 5.75 Å². The van der Waals surface area contributed by atoms with Gasteiger partial charge in [0.05, 0.1) is 23.5 Å². The van der Waals surface area contributed by atoms with E-state index < -0.39 is 15.9 Å². The number of imidazole rings is 1. The third kappa shape index (κ3) is 6.57. The van der Waals surface area contributed by atoms with Gasteiger partial charge < -0.3 is 14.6 Å². The van der Waals surface area contributed by atoms with Crippen LogP contribution in [-0.2, 0) is 28.6 Å². The topological polar surface area (TPSA) is 107 Å². The van der Waals surface area contributed by atoms with Crippen LogP contribution in [0, 0.1) is 0 Å². The van der Waals surface area contributed by atoms with Gasteiger partial charge >= 0.3 is 0 Å². The van der Waals surface area contributed by atoms with Crippen molar-refractivity contribution >= 4 is 21.5 Å². The van der Waals surface area contributed by atoms with Gasteiger partial charge in [-0.2, -0.15) is 0 Å². The number of hydrogen-bond donors (Lipinski definition) is 1. The number of rotatable bonds is 10. The molecule has 1 atom stereocenters. The van der Waals surface area contributed by atoms with E-state index in [9.17, 15) is 18.0 Å². The third-order valence-electron chi connectivity index (χ3n) is 8.38. The van der Waals surface area contributed by atoms with Gasteiger partial charge in [-0.05, 0) is 67.1 Å². The molecule has 9 heteroatoms. The van der Waals surface area contributed by atoms with Crippen LogP contribution in [0.15, 0.2) is 90.3 Å². The molecular formula is C34H35N3O5S. The zero-order chi connectivity index (χ0) is 29.8. The predicted octanol–water partition coefficient (Wildman–Crippen LogP) is 5.87. The van der Waals surface area contributed by atoms with Gasteiger partial charge in [0.2, 0.25) is 0 Å². The van der Waals surface area contributed by atoms with Gasteiger partial charge in [-0.15, -0.1) is 0 Å². The molecule has 0 bridgehead atoms. The second kappa shape index (κ2) is 12.6. The monoisotopic (exact) mass is 597 g/mol. The molecule has 1 fully saturated rings. The first-order valence-electron chi connectivity index (χ1n) is 14.9. The predicted molar refractivity (Wildman–Crippen MR) is 163 cm³/mol. The molecule has 8 nitrogen and oxygen atoms in total. The average Bonchev–Trinajstić information content (AvgIpc) is 3.73. The Kier molecular flexibility index (Phi) is 8.42. The van der Waals surface area contributed by atoms with E-state index >= 15 is 0 Å². The Labute approximate surface area is 252 Å². The van der Waals surface area contributed by atoms with Crippen molar-refractivity contribution in [3.05, 3.63) is 113 Å². The highest BCUT2D eigenvalue weighted by Crippen LogP contribution is 2.36. The Morgan fingerprint density at radius 2 is 1.81 bits per heavy atom. The summed E-state index contributed by atoms with van der Waals surface area (Å²) in [5, 5.41) is 3.04. The Morgan fingerprint density at radius 1 is 1.00 bits per heavy atom. The van der Waals surface area contributed by atoms with E-state index in [0.29, 0.717) is 48.2 Å². The molecule has 6 rings (SSSR count). The molecule has 1 heterocycles. The number of fused-ring (bicyclic) bond motifs is 1. The molecule has 3 aromatic carbocycles. The Hall–Kier alpha value is -4.24. The number of benzene rings is 3. The van der Waals surface area contributed by atoms with E-state index in [0.717, 1.165) is 36.8 Å². The second-order valence-corrected chi connectivity index (χ2v) is 13.4. The number of ether oxygens (including phenoxy) is 1. The van der Waals surface area contributed by atoms with Crippen LogP contribution in [0.25, 0.3) is 0 Å². The van der Waals surface area contributed by atoms with Crippen LogP contribution in [0.3, 0.4) is 0 Å². The van der Waals surface area contributed by atoms with E-state index in [4.69, 9.17) is 4.74 Å². The summed E-state index contributed by atoms with van der Waals surface area (Å²) in [5.74, 6) is -0.170. The molecular weight excluding hydrogens is 562 g/mol. The highest BCUT2D eigenvalue weighted by atomic mass is 32.2. The third-order valence-corrected chi connectivity index (χ3v) is 10.0. The summed E-state index contributed by atoms with van der Waals surface area (Å²) in [5.41, 5.74) is 3.03. The second-order valence-electron chi connectivity index (χ2n) is 11.4. The molecule has 0 radical (unpaired) electrons. The molecule has 1 unspecified atom stereocenters. The highest BCUT2D eigenvalue weighted by molar-refractivity contribution is 7.90. The SMILES string of the molecule is O=C(NC1CCCC1)c1cccc(S(=O)(=O)Cc2c(OC(Cn3ccnc3)c3ccccc3)ccc3c2CCCC3=O)c1. The van der Waals surface area contributed by atoms with Crippen LogP contribution in [0.4, 0.5) is 0 Å². The van der Waals surface area contributed by atoms with Crippen molar-refractivity contribution in [3.63, 3.8) is 0 Å². The first kappa shape index (κ1) is 28.9. The molecule has 1 aromatic heterocycles. The summed E-state index contributed by atoms with van der Waals surface area (Å²) in [6, 6.07) is 19.6. The minimum atomic E-state index is -3.91. The quantitative estimate of drug-likeness (QED) is 0.245. The molecule has 2 aliphatic rings. The zero-order valence-corrected chi connectivity index (χ0v) is 24.8. The van der Waals surface area contributed by atoms with Crippen molar-refractivity contribution in [2.24, 2.45) is 0 Å². The Morgan fingerprint density at radius 3 is 2.58 bits per heavy atom. The van der Waals surface area contributed by atoms with Gasteiger partial charge in [0.25, 0.3) is 5.91 Å². The maximum atomic E-state index is 14.0. The number of hydrogen-bond acceptors (Lipinski definition) is 6. The molecule has 1 amide bonds. The standard InChI is InChI=1S/C34H35N3O5S/c38-31-15-7-14-28-29(31)16-17-32(42-33(21-37-19-18-35-23-37)24-8-2-1-3-9-24)30(28)22-43(40,41)27-13-6-10-25(20-27)34(39)36-26-11-4-5-12-26/h1-3,6,8-10,13,16-20,23,26,33H,4-5,7,11-12,14-15,21-22H2,(H,36,39). The fourth-order valence-electron chi connectivity index (χ4n) is 6.11. The van der Waals surface area contributed by atoms with Crippen molar-refractivity contribution in [2.75, 3.05) is 0 Å². The molecule has 0 saturated heterocycles. The summed E-state index contributed by atoms with van der Waals surface area (Å²) in [4.78, 5) is 30.0. The van der Waals surface area contributed by atoms with E-state index in [1.165, 1.54) is 12.1 Å². The first-order chi connectivity index (χ1) is 20.9. The molecule has 222 valence electrons. The van der Waals surface area contributed by atoms with Crippen LogP contribution in [-0.4, -0.2) is 35.7 Å². The smallest absolute Gasteiger partial charge is 0.251 e. The number of carbonyl (C=O) groups excluding carboxylic acids is 2. The summed E-state index contributed by atoms with van der Waals surface area (Å²) >= 11 is 0. The van der Waals surface area contributed by atoms with E-state index in [2.05, 4.69) is 10.3 Å². The number of aromatic nitrogens is 2. The minimum Gasteiger partial charge on any atom is -0.484 e. The van der Waals surface area contributed by atoms with Crippen molar-refractivity contribution in [2.45, 2.75) is 74.3 Å². The van der Waals surface area contributed by atoms with Gasteiger partial charge in [0.15, 0.2) is 15.6 Å². The van der Waals surface area contributed by atoms with Gasteiger partial charge in [-0.1, -0.05) is 49.2 Å². The lowest BCUT2D eigenvalue weighted by molar-refractivity contribution is 0.0935. The molecule has 0 spiro atoms. The van der Waals surface area contributed by atoms with Crippen molar-refractivity contribution < 1.29 is 22.7 Å². The van der Waals surface area contributed by atoms with E-state index in [1.54, 1.807) is 36.8 Å². The summed E-state index contributed by atoms with van der Waals surface area (Å²) in [6.45, 7) is 0.463. The molecule has 1 N–H and O–H groups in total. The molecule has 4 aromatic rings. The zero-order valence-electron chi connectivity index (χ0n) is 23.9. The van der Waals surface area contributed by atoms with Gasteiger partial charge in [0.1, 0.15) is 11.9 Å². The normalized spacial score (nSPS) is 16.0. The summed E-state index contributed by atoms with van der Waals surface area (Å²) in [6.07, 6.45) is 10.6. The summed E-state index contributed by atoms with van der Waals surface area (Å²) in [7, 11) is -3.91. The first-order valence-corrected chi connectivity index (χ1v) is 16.5. The van der Waals surface area contributed by atoms with Crippen molar-refractivity contribution in [1.82, 2.24) is 14.9 Å². The lowest BCUT2D eigenvalue weighted by atomic mass is 9.87. The number of ketones is 1. The average molecular weight is 598 g/mol. The Bertz CT molecular complexity index is 1710. The summed E-state index contributed by atoms with van der Waals surface area (Å²) < 4.78 is 36.5. The number of Topliss-reactive ketones (excluding diaryl/α,β-unsaturated/α-hetero) is 1. The largest absolute Gasteiger partial charge is 0.484 e. The van der Waals surface area contributed by atoms with Crippen LogP contribution >= 0.6 is 0 Å². The fourth-order valence-corrected chi connectivity index (χ4v) is 7.56. The van der Waals surface area contributed by atoms with Crippen LogP contribution in [0.5, 0.6) is 5.75 Å². The van der Waals surface area contributed by atoms with Crippen LogP contribution < -0.4 is 10.1 Å². The number of carbonyl (C=O) groups is 2. The maximum absolute atomic E-state index is 14.0. The van der Waals surface area contributed by atoms with Crippen LogP contribution in [0.2, 0.25) is 0 Å². The van der Waals surface area contributed by atoms with Crippen LogP contribution in [0.1, 0.15) is 82.0 Å². The van der Waals surface area contributed by atoms with E-state index in [1.807, 2.05) is 41.1 Å². The molecule has 43 heavy (non-hydrogen) atoms. The van der Waals surface area contributed by atoms with Crippen molar-refractivity contribution in [1.29, 1.82) is 0 Å². The number of nitrogens with zero attached hydrogens (tertiary/aromatic N) is 2. The highest BCUT2D eigenvalue weighted by Gasteiger charge is 2.29. The minimum absolute atomic E-state index is 0.00931. The lowest BCUT2D eigenvalue weighted by Crippen LogP contribution is -2.32. The van der Waals surface area contributed by atoms with Gasteiger partial charge in [-0.25, -0.2) is 13.4 Å². The molecule has 2 aliphatic carbocycles. The number of nitrogens with one attached hydrogen (secondary N) is 1. The maximum Gasteiger partial charge on any atom is 0.251 e. The van der Waals surface area contributed by atoms with Gasteiger partial charge in [-0.3, -0.25) is 9.59 Å². The lowest BCUT2D eigenvalue weighted by Gasteiger charge is -2.26. The van der Waals surface area contributed by atoms with E-state index in [-0.39, 0.29) is 28.4 Å². The molecule has 0 aliphatic heterocycles.